The van der Waals surface area contributed by atoms with Gasteiger partial charge in [0.25, 0.3) is 0 Å². The summed E-state index contributed by atoms with van der Waals surface area (Å²) in [6, 6.07) is 6.86. The highest BCUT2D eigenvalue weighted by Crippen LogP contribution is 2.09. The van der Waals surface area contributed by atoms with Crippen molar-refractivity contribution in [1.82, 2.24) is 9.55 Å². The lowest BCUT2D eigenvalue weighted by atomic mass is 10.1. The van der Waals surface area contributed by atoms with E-state index in [1.807, 2.05) is 29.9 Å². The largest absolute Gasteiger partial charge is 0.478 e. The fraction of sp³-hybridized carbons (Fsp3) is 0.167. The predicted molar refractivity (Wildman–Crippen MR) is 59.4 cm³/mol. The first-order valence-corrected chi connectivity index (χ1v) is 4.95. The molecule has 4 heteroatoms. The quantitative estimate of drug-likeness (QED) is 0.849. The Morgan fingerprint density at radius 2 is 2.06 bits per heavy atom. The molecule has 2 aromatic rings. The van der Waals surface area contributed by atoms with Gasteiger partial charge in [-0.05, 0) is 17.7 Å². The van der Waals surface area contributed by atoms with Crippen molar-refractivity contribution in [3.05, 3.63) is 53.6 Å². The van der Waals surface area contributed by atoms with Crippen LogP contribution in [-0.4, -0.2) is 20.6 Å². The second kappa shape index (κ2) is 4.18. The molecule has 2 rings (SSSR count). The highest BCUT2D eigenvalue weighted by atomic mass is 16.4. The molecule has 0 aliphatic heterocycles. The number of aromatic nitrogens is 2. The number of rotatable bonds is 3. The average Bonchev–Trinajstić information content (AvgIpc) is 2.65. The van der Waals surface area contributed by atoms with Crippen LogP contribution in [0.25, 0.3) is 0 Å². The molecule has 0 saturated heterocycles. The van der Waals surface area contributed by atoms with Crippen LogP contribution in [-0.2, 0) is 13.5 Å². The fourth-order valence-electron chi connectivity index (χ4n) is 1.51. The number of carboxylic acids is 1. The Morgan fingerprint density at radius 3 is 2.56 bits per heavy atom. The lowest BCUT2D eigenvalue weighted by Gasteiger charge is -2.02. The van der Waals surface area contributed by atoms with Gasteiger partial charge in [0.05, 0.1) is 5.56 Å². The molecule has 0 spiro atoms. The number of benzene rings is 1. The lowest BCUT2D eigenvalue weighted by molar-refractivity contribution is 0.0697. The highest BCUT2D eigenvalue weighted by molar-refractivity contribution is 5.87. The molecule has 0 fully saturated rings. The van der Waals surface area contributed by atoms with E-state index in [-0.39, 0.29) is 0 Å². The average molecular weight is 216 g/mol. The molecular weight excluding hydrogens is 204 g/mol. The van der Waals surface area contributed by atoms with Crippen molar-refractivity contribution in [2.24, 2.45) is 7.05 Å². The Balaban J connectivity index is 2.17. The Morgan fingerprint density at radius 1 is 1.38 bits per heavy atom. The summed E-state index contributed by atoms with van der Waals surface area (Å²) in [5.41, 5.74) is 1.36. The maximum Gasteiger partial charge on any atom is 0.335 e. The van der Waals surface area contributed by atoms with Crippen LogP contribution in [0, 0.1) is 0 Å². The molecule has 1 N–H and O–H groups in total. The molecule has 4 nitrogen and oxygen atoms in total. The first-order valence-electron chi connectivity index (χ1n) is 4.95. The van der Waals surface area contributed by atoms with Gasteiger partial charge in [0, 0.05) is 25.9 Å². The second-order valence-electron chi connectivity index (χ2n) is 3.63. The third kappa shape index (κ3) is 2.11. The summed E-state index contributed by atoms with van der Waals surface area (Å²) in [7, 11) is 1.94. The van der Waals surface area contributed by atoms with Gasteiger partial charge in [-0.2, -0.15) is 0 Å². The van der Waals surface area contributed by atoms with Gasteiger partial charge in [0.1, 0.15) is 5.82 Å². The minimum atomic E-state index is -0.899. The standard InChI is InChI=1S/C12H12N2O2/c1-14-7-6-13-11(14)8-9-2-4-10(5-3-9)12(15)16/h2-7H,8H2,1H3,(H,15,16). The van der Waals surface area contributed by atoms with E-state index in [1.54, 1.807) is 18.3 Å². The SMILES string of the molecule is Cn1ccnc1Cc1ccc(C(=O)O)cc1. The monoisotopic (exact) mass is 216 g/mol. The van der Waals surface area contributed by atoms with Gasteiger partial charge < -0.3 is 9.67 Å². The molecule has 1 aromatic carbocycles. The van der Waals surface area contributed by atoms with Crippen LogP contribution < -0.4 is 0 Å². The van der Waals surface area contributed by atoms with E-state index in [1.165, 1.54) is 0 Å². The van der Waals surface area contributed by atoms with E-state index < -0.39 is 5.97 Å². The molecule has 1 aromatic heterocycles. The molecule has 1 heterocycles. The number of nitrogens with zero attached hydrogens (tertiary/aromatic N) is 2. The number of hydrogen-bond donors (Lipinski definition) is 1. The van der Waals surface area contributed by atoms with Crippen molar-refractivity contribution in [1.29, 1.82) is 0 Å². The van der Waals surface area contributed by atoms with Crippen LogP contribution >= 0.6 is 0 Å². The van der Waals surface area contributed by atoms with Crippen molar-refractivity contribution in [2.75, 3.05) is 0 Å². The summed E-state index contributed by atoms with van der Waals surface area (Å²) in [5.74, 6) is 0.0617. The molecule has 0 aliphatic rings. The summed E-state index contributed by atoms with van der Waals surface area (Å²) in [4.78, 5) is 14.9. The van der Waals surface area contributed by atoms with E-state index in [9.17, 15) is 4.79 Å². The normalized spacial score (nSPS) is 10.3. The van der Waals surface area contributed by atoms with Crippen LogP contribution in [0.1, 0.15) is 21.7 Å². The van der Waals surface area contributed by atoms with Crippen molar-refractivity contribution in [2.45, 2.75) is 6.42 Å². The summed E-state index contributed by atoms with van der Waals surface area (Å²) in [5, 5.41) is 8.76. The van der Waals surface area contributed by atoms with E-state index >= 15 is 0 Å². The Kier molecular flexibility index (Phi) is 2.72. The van der Waals surface area contributed by atoms with Gasteiger partial charge in [-0.1, -0.05) is 12.1 Å². The third-order valence-corrected chi connectivity index (χ3v) is 2.48. The van der Waals surface area contributed by atoms with E-state index in [0.717, 1.165) is 11.4 Å². The molecule has 0 amide bonds. The minimum Gasteiger partial charge on any atom is -0.478 e. The molecule has 0 radical (unpaired) electrons. The van der Waals surface area contributed by atoms with Crippen LogP contribution in [0.2, 0.25) is 0 Å². The molecule has 0 unspecified atom stereocenters. The van der Waals surface area contributed by atoms with E-state index in [2.05, 4.69) is 4.98 Å². The summed E-state index contributed by atoms with van der Waals surface area (Å²) < 4.78 is 1.95. The van der Waals surface area contributed by atoms with Gasteiger partial charge in [-0.3, -0.25) is 0 Å². The lowest BCUT2D eigenvalue weighted by Crippen LogP contribution is -2.00. The number of aryl methyl sites for hydroxylation is 1. The Hall–Kier alpha value is -2.10. The van der Waals surface area contributed by atoms with Gasteiger partial charge in [0.2, 0.25) is 0 Å². The van der Waals surface area contributed by atoms with E-state index in [0.29, 0.717) is 12.0 Å². The van der Waals surface area contributed by atoms with Gasteiger partial charge >= 0.3 is 5.97 Å². The fourth-order valence-corrected chi connectivity index (χ4v) is 1.51. The summed E-state index contributed by atoms with van der Waals surface area (Å²) in [6.45, 7) is 0. The zero-order chi connectivity index (χ0) is 11.5. The first-order chi connectivity index (χ1) is 7.66. The molecule has 0 saturated carbocycles. The minimum absolute atomic E-state index is 0.309. The number of hydrogen-bond acceptors (Lipinski definition) is 2. The molecular formula is C12H12N2O2. The second-order valence-corrected chi connectivity index (χ2v) is 3.63. The number of carbonyl (C=O) groups is 1. The highest BCUT2D eigenvalue weighted by Gasteiger charge is 2.04. The van der Waals surface area contributed by atoms with Gasteiger partial charge in [-0.15, -0.1) is 0 Å². The third-order valence-electron chi connectivity index (χ3n) is 2.48. The van der Waals surface area contributed by atoms with Crippen molar-refractivity contribution < 1.29 is 9.90 Å². The predicted octanol–water partition coefficient (Wildman–Crippen LogP) is 1.71. The maximum atomic E-state index is 10.7. The zero-order valence-corrected chi connectivity index (χ0v) is 8.92. The van der Waals surface area contributed by atoms with Gasteiger partial charge in [0.15, 0.2) is 0 Å². The van der Waals surface area contributed by atoms with E-state index in [4.69, 9.17) is 5.11 Å². The van der Waals surface area contributed by atoms with Crippen LogP contribution in [0.4, 0.5) is 0 Å². The summed E-state index contributed by atoms with van der Waals surface area (Å²) >= 11 is 0. The smallest absolute Gasteiger partial charge is 0.335 e. The van der Waals surface area contributed by atoms with Crippen molar-refractivity contribution in [3.63, 3.8) is 0 Å². The van der Waals surface area contributed by atoms with Crippen molar-refractivity contribution in [3.8, 4) is 0 Å². The van der Waals surface area contributed by atoms with Crippen LogP contribution in [0.15, 0.2) is 36.7 Å². The number of imidazole rings is 1. The maximum absolute atomic E-state index is 10.7. The first kappa shape index (κ1) is 10.4. The molecule has 0 aliphatic carbocycles. The molecule has 82 valence electrons. The van der Waals surface area contributed by atoms with Gasteiger partial charge in [-0.25, -0.2) is 9.78 Å². The molecule has 0 bridgehead atoms. The number of carboxylic acid groups (broad SMARTS) is 1. The van der Waals surface area contributed by atoms with Crippen molar-refractivity contribution >= 4 is 5.97 Å². The zero-order valence-electron chi connectivity index (χ0n) is 8.92. The molecule has 16 heavy (non-hydrogen) atoms. The molecule has 0 atom stereocenters. The summed E-state index contributed by atoms with van der Waals surface area (Å²) in [6.07, 6.45) is 4.35. The topological polar surface area (TPSA) is 55.1 Å². The number of aromatic carboxylic acids is 1. The van der Waals surface area contributed by atoms with Crippen LogP contribution in [0.3, 0.4) is 0 Å². The van der Waals surface area contributed by atoms with Crippen LogP contribution in [0.5, 0.6) is 0 Å². The Labute approximate surface area is 93.2 Å². The Bertz CT molecular complexity index is 500.